The van der Waals surface area contributed by atoms with Crippen molar-refractivity contribution in [2.75, 3.05) is 19.7 Å². The molecule has 8 nitrogen and oxygen atoms in total. The summed E-state index contributed by atoms with van der Waals surface area (Å²) in [5.41, 5.74) is -0.588. The smallest absolute Gasteiger partial charge is 0.275 e. The van der Waals surface area contributed by atoms with E-state index in [2.05, 4.69) is 10.2 Å². The van der Waals surface area contributed by atoms with Gasteiger partial charge in [-0.25, -0.2) is 8.78 Å². The highest BCUT2D eigenvalue weighted by Gasteiger charge is 2.48. The zero-order chi connectivity index (χ0) is 24.7. The Bertz CT molecular complexity index is 1230. The van der Waals surface area contributed by atoms with Gasteiger partial charge in [-0.05, 0) is 25.3 Å². The van der Waals surface area contributed by atoms with Crippen LogP contribution in [0.2, 0.25) is 0 Å². The number of rotatable bonds is 7. The number of unbranched alkanes of at least 4 members (excludes halogenated alkanes) is 1. The number of nitrogens with zero attached hydrogens (tertiary/aromatic N) is 3. The molecule has 4 heterocycles. The molecule has 0 saturated carbocycles. The summed E-state index contributed by atoms with van der Waals surface area (Å²) in [6.07, 6.45) is 4.92. The average Bonchev–Trinajstić information content (AvgIpc) is 3.42. The van der Waals surface area contributed by atoms with E-state index in [9.17, 15) is 23.2 Å². The minimum absolute atomic E-state index is 0.0917. The van der Waals surface area contributed by atoms with Crippen molar-refractivity contribution in [2.24, 2.45) is 0 Å². The van der Waals surface area contributed by atoms with Gasteiger partial charge >= 0.3 is 0 Å². The first-order chi connectivity index (χ1) is 16.9. The summed E-state index contributed by atoms with van der Waals surface area (Å²) in [4.78, 5) is 43.9. The monoisotopic (exact) mass is 486 g/mol. The van der Waals surface area contributed by atoms with Crippen molar-refractivity contribution in [2.45, 2.75) is 57.9 Å². The summed E-state index contributed by atoms with van der Waals surface area (Å²) >= 11 is 0. The van der Waals surface area contributed by atoms with Crippen molar-refractivity contribution in [3.63, 3.8) is 0 Å². The second-order valence-electron chi connectivity index (χ2n) is 9.29. The molecule has 2 fully saturated rings. The molecule has 0 aliphatic carbocycles. The molecule has 186 valence electrons. The van der Waals surface area contributed by atoms with E-state index < -0.39 is 23.0 Å². The number of hydrogen-bond donors (Lipinski definition) is 1. The summed E-state index contributed by atoms with van der Waals surface area (Å²) < 4.78 is 34.6. The molecule has 3 aliphatic heterocycles. The third kappa shape index (κ3) is 4.20. The lowest BCUT2D eigenvalue weighted by atomic mass is 10.1. The molecule has 2 saturated heterocycles. The molecule has 1 N–H and O–H groups in total. The predicted molar refractivity (Wildman–Crippen MR) is 123 cm³/mol. The van der Waals surface area contributed by atoms with Crippen LogP contribution < -0.4 is 15.5 Å². The molecule has 35 heavy (non-hydrogen) atoms. The number of pyridine rings is 1. The number of carbonyl (C=O) groups excluding carboxylic acids is 2. The highest BCUT2D eigenvalue weighted by Crippen LogP contribution is 2.35. The van der Waals surface area contributed by atoms with Crippen molar-refractivity contribution in [1.29, 1.82) is 0 Å². The third-order valence-corrected chi connectivity index (χ3v) is 7.08. The Balaban J connectivity index is 1.47. The summed E-state index contributed by atoms with van der Waals surface area (Å²) in [5.74, 6) is -2.60. The van der Waals surface area contributed by atoms with Crippen LogP contribution in [0.4, 0.5) is 8.78 Å². The standard InChI is InChI=1S/C25H28F2N4O4/c1-2-3-9-35-23-21-25(34)31-12-17-5-4-8-30(17)20(31)14-29(21)13-18(22(23)32)24(33)28-11-15-6-7-16(26)10-19(15)27/h6-7,10,13,17,20H,2-5,8-9,11-12,14H2,1H3,(H,28,33)/t17?,20-/m0/s1. The van der Waals surface area contributed by atoms with Crippen LogP contribution in [-0.2, 0) is 13.1 Å². The van der Waals surface area contributed by atoms with Crippen molar-refractivity contribution in [1.82, 2.24) is 19.7 Å². The first kappa shape index (κ1) is 23.5. The number of amides is 2. The Morgan fingerprint density at radius 2 is 2.06 bits per heavy atom. The van der Waals surface area contributed by atoms with Crippen LogP contribution in [0.5, 0.6) is 5.75 Å². The van der Waals surface area contributed by atoms with Crippen LogP contribution in [0, 0.1) is 11.6 Å². The Morgan fingerprint density at radius 3 is 2.83 bits per heavy atom. The molecular weight excluding hydrogens is 458 g/mol. The van der Waals surface area contributed by atoms with Gasteiger partial charge in [-0.3, -0.25) is 19.3 Å². The lowest BCUT2D eigenvalue weighted by Gasteiger charge is -2.36. The Kier molecular flexibility index (Phi) is 6.31. The van der Waals surface area contributed by atoms with Crippen molar-refractivity contribution < 1.29 is 23.1 Å². The highest BCUT2D eigenvalue weighted by molar-refractivity contribution is 5.99. The summed E-state index contributed by atoms with van der Waals surface area (Å²) in [6, 6.07) is 3.38. The van der Waals surface area contributed by atoms with Gasteiger partial charge in [0.25, 0.3) is 11.8 Å². The molecule has 0 bridgehead atoms. The maximum atomic E-state index is 14.0. The molecule has 2 amide bonds. The quantitative estimate of drug-likeness (QED) is 0.608. The van der Waals surface area contributed by atoms with E-state index in [0.717, 1.165) is 37.9 Å². The predicted octanol–water partition coefficient (Wildman–Crippen LogP) is 2.50. The number of benzene rings is 1. The van der Waals surface area contributed by atoms with Crippen molar-refractivity contribution in [3.05, 3.63) is 63.1 Å². The fourth-order valence-electron chi connectivity index (χ4n) is 5.26. The van der Waals surface area contributed by atoms with Crippen LogP contribution in [0.25, 0.3) is 0 Å². The van der Waals surface area contributed by atoms with Gasteiger partial charge in [0.2, 0.25) is 5.43 Å². The molecule has 10 heteroatoms. The highest BCUT2D eigenvalue weighted by atomic mass is 19.1. The molecule has 2 aromatic rings. The fraction of sp³-hybridized carbons (Fsp3) is 0.480. The van der Waals surface area contributed by atoms with E-state index in [1.54, 1.807) is 4.57 Å². The number of halogens is 2. The molecule has 1 unspecified atom stereocenters. The Hall–Kier alpha value is -3.27. The van der Waals surface area contributed by atoms with E-state index in [1.165, 1.54) is 12.3 Å². The summed E-state index contributed by atoms with van der Waals surface area (Å²) in [5, 5.41) is 2.54. The maximum Gasteiger partial charge on any atom is 0.275 e. The molecule has 5 rings (SSSR count). The average molecular weight is 487 g/mol. The second-order valence-corrected chi connectivity index (χ2v) is 9.29. The SMILES string of the molecule is CCCCOc1c2n(cc(C(=O)NCc3ccc(F)cc3F)c1=O)C[C@@H]1N(CC3CCCN31)C2=O. The third-order valence-electron chi connectivity index (χ3n) is 7.08. The van der Waals surface area contributed by atoms with Gasteiger partial charge in [0, 0.05) is 43.5 Å². The number of fused-ring (bicyclic) bond motifs is 4. The van der Waals surface area contributed by atoms with E-state index >= 15 is 0 Å². The molecule has 3 aliphatic rings. The normalized spacial score (nSPS) is 21.0. The molecular formula is C25H28F2N4O4. The van der Waals surface area contributed by atoms with Crippen LogP contribution in [0.3, 0.4) is 0 Å². The zero-order valence-corrected chi connectivity index (χ0v) is 19.6. The molecule has 0 spiro atoms. The first-order valence-electron chi connectivity index (χ1n) is 12.1. The largest absolute Gasteiger partial charge is 0.487 e. The number of nitrogens with one attached hydrogen (secondary N) is 1. The number of carbonyl (C=O) groups is 2. The van der Waals surface area contributed by atoms with E-state index in [1.807, 2.05) is 11.8 Å². The molecule has 2 atom stereocenters. The van der Waals surface area contributed by atoms with E-state index in [4.69, 9.17) is 4.74 Å². The van der Waals surface area contributed by atoms with Gasteiger partial charge in [0.1, 0.15) is 23.4 Å². The summed E-state index contributed by atoms with van der Waals surface area (Å²) in [7, 11) is 0. The molecule has 0 radical (unpaired) electrons. The van der Waals surface area contributed by atoms with Gasteiger partial charge in [0.05, 0.1) is 13.2 Å². The lowest BCUT2D eigenvalue weighted by molar-refractivity contribution is 0.0511. The maximum absolute atomic E-state index is 14.0. The number of ether oxygens (including phenoxy) is 1. The van der Waals surface area contributed by atoms with Crippen molar-refractivity contribution in [3.8, 4) is 5.75 Å². The minimum Gasteiger partial charge on any atom is -0.487 e. The Labute approximate surface area is 201 Å². The van der Waals surface area contributed by atoms with Crippen LogP contribution in [0.1, 0.15) is 59.0 Å². The zero-order valence-electron chi connectivity index (χ0n) is 19.6. The second kappa shape index (κ2) is 9.41. The van der Waals surface area contributed by atoms with Crippen LogP contribution >= 0.6 is 0 Å². The lowest BCUT2D eigenvalue weighted by Crippen LogP contribution is -2.50. The van der Waals surface area contributed by atoms with Gasteiger partial charge < -0.3 is 19.5 Å². The van der Waals surface area contributed by atoms with Crippen LogP contribution in [0.15, 0.2) is 29.2 Å². The van der Waals surface area contributed by atoms with E-state index in [-0.39, 0.29) is 47.8 Å². The number of hydrogen-bond acceptors (Lipinski definition) is 5. The van der Waals surface area contributed by atoms with Crippen LogP contribution in [-0.4, -0.2) is 58.1 Å². The van der Waals surface area contributed by atoms with Gasteiger partial charge in [-0.2, -0.15) is 0 Å². The number of aromatic nitrogens is 1. The summed E-state index contributed by atoms with van der Waals surface area (Å²) in [6.45, 7) is 3.97. The minimum atomic E-state index is -0.789. The van der Waals surface area contributed by atoms with E-state index in [0.29, 0.717) is 25.6 Å². The molecule has 1 aromatic heterocycles. The fourth-order valence-corrected chi connectivity index (χ4v) is 5.26. The topological polar surface area (TPSA) is 83.9 Å². The first-order valence-corrected chi connectivity index (χ1v) is 12.1. The van der Waals surface area contributed by atoms with Gasteiger partial charge in [-0.15, -0.1) is 0 Å². The molecule has 1 aromatic carbocycles. The Morgan fingerprint density at radius 1 is 1.23 bits per heavy atom. The van der Waals surface area contributed by atoms with Crippen molar-refractivity contribution >= 4 is 11.8 Å². The van der Waals surface area contributed by atoms with Gasteiger partial charge in [-0.1, -0.05) is 19.4 Å². The van der Waals surface area contributed by atoms with Gasteiger partial charge in [0.15, 0.2) is 11.4 Å².